The summed E-state index contributed by atoms with van der Waals surface area (Å²) in [5.41, 5.74) is 1.15. The number of nitrogens with zero attached hydrogens (tertiary/aromatic N) is 2. The first kappa shape index (κ1) is 17.3. The first-order chi connectivity index (χ1) is 10.7. The monoisotopic (exact) mass is 345 g/mol. The van der Waals surface area contributed by atoms with E-state index < -0.39 is 24.5 Å². The quantitative estimate of drug-likeness (QED) is 0.916. The third-order valence-electron chi connectivity index (χ3n) is 3.49. The van der Waals surface area contributed by atoms with Gasteiger partial charge in [-0.05, 0) is 24.6 Å². The summed E-state index contributed by atoms with van der Waals surface area (Å²) in [4.78, 5) is 12.3. The molecule has 1 heterocycles. The van der Waals surface area contributed by atoms with E-state index in [-0.39, 0.29) is 5.56 Å². The molecule has 8 heteroatoms. The second-order valence-corrected chi connectivity index (χ2v) is 5.60. The van der Waals surface area contributed by atoms with Gasteiger partial charge in [0.1, 0.15) is 0 Å². The minimum atomic E-state index is -4.42. The van der Waals surface area contributed by atoms with E-state index in [9.17, 15) is 18.0 Å². The maximum Gasteiger partial charge on any atom is 0.391 e. The zero-order valence-electron chi connectivity index (χ0n) is 12.5. The Balaban J connectivity index is 2.25. The third-order valence-corrected chi connectivity index (χ3v) is 3.75. The fourth-order valence-electron chi connectivity index (χ4n) is 2.14. The lowest BCUT2D eigenvalue weighted by atomic mass is 10.0. The molecule has 4 nitrogen and oxygen atoms in total. The topological polar surface area (TPSA) is 46.9 Å². The van der Waals surface area contributed by atoms with Gasteiger partial charge in [0.15, 0.2) is 0 Å². The van der Waals surface area contributed by atoms with Gasteiger partial charge in [-0.15, -0.1) is 0 Å². The number of rotatable bonds is 4. The van der Waals surface area contributed by atoms with Crippen LogP contribution in [0.2, 0.25) is 5.02 Å². The van der Waals surface area contributed by atoms with E-state index in [1.807, 2.05) is 0 Å². The van der Waals surface area contributed by atoms with Crippen LogP contribution in [-0.2, 0) is 7.05 Å². The number of hydrogen-bond donors (Lipinski definition) is 1. The number of carbonyl (C=O) groups excluding carboxylic acids is 1. The van der Waals surface area contributed by atoms with Gasteiger partial charge in [0.25, 0.3) is 5.91 Å². The van der Waals surface area contributed by atoms with Gasteiger partial charge in [0.2, 0.25) is 0 Å². The molecule has 0 aliphatic carbocycles. The van der Waals surface area contributed by atoms with Crippen LogP contribution in [0.4, 0.5) is 13.2 Å². The number of halogens is 4. The normalized spacial score (nSPS) is 13.0. The lowest BCUT2D eigenvalue weighted by Gasteiger charge is -2.20. The smallest absolute Gasteiger partial charge is 0.345 e. The number of alkyl halides is 3. The standard InChI is InChI=1S/C15H15ClF3N3O/c1-9-12(8-20-22(9)2)14(23)21-13(7-15(17,18)19)10-3-5-11(16)6-4-10/h3-6,8,13H,7H2,1-2H3,(H,21,23)/t13-/m1/s1. The fraction of sp³-hybridized carbons (Fsp3) is 0.333. The van der Waals surface area contributed by atoms with Gasteiger partial charge in [0, 0.05) is 17.8 Å². The van der Waals surface area contributed by atoms with Crippen LogP contribution in [0.25, 0.3) is 0 Å². The number of carbonyl (C=O) groups is 1. The van der Waals surface area contributed by atoms with Crippen molar-refractivity contribution in [2.75, 3.05) is 0 Å². The number of aromatic nitrogens is 2. The minimum Gasteiger partial charge on any atom is -0.345 e. The van der Waals surface area contributed by atoms with Crippen molar-refractivity contribution in [1.82, 2.24) is 15.1 Å². The van der Waals surface area contributed by atoms with E-state index in [0.29, 0.717) is 16.3 Å². The number of amides is 1. The molecule has 0 aliphatic heterocycles. The van der Waals surface area contributed by atoms with Crippen molar-refractivity contribution in [3.8, 4) is 0 Å². The SMILES string of the molecule is Cc1c(C(=O)N[C@H](CC(F)(F)F)c2ccc(Cl)cc2)cnn1C. The van der Waals surface area contributed by atoms with Crippen molar-refractivity contribution in [1.29, 1.82) is 0 Å². The Morgan fingerprint density at radius 3 is 2.43 bits per heavy atom. The second kappa shape index (κ2) is 6.62. The molecule has 0 bridgehead atoms. The number of nitrogens with one attached hydrogen (secondary N) is 1. The van der Waals surface area contributed by atoms with Gasteiger partial charge in [0.05, 0.1) is 24.2 Å². The molecule has 0 spiro atoms. The van der Waals surface area contributed by atoms with Gasteiger partial charge in [-0.2, -0.15) is 18.3 Å². The molecule has 0 radical (unpaired) electrons. The molecule has 2 rings (SSSR count). The Kier molecular flexibility index (Phi) is 4.99. The molecule has 0 saturated heterocycles. The summed E-state index contributed by atoms with van der Waals surface area (Å²) in [5.74, 6) is -0.597. The molecule has 2 aromatic rings. The van der Waals surface area contributed by atoms with E-state index in [1.165, 1.54) is 35.1 Å². The van der Waals surface area contributed by atoms with Crippen LogP contribution in [0.15, 0.2) is 30.5 Å². The molecular formula is C15H15ClF3N3O. The van der Waals surface area contributed by atoms with E-state index in [1.54, 1.807) is 14.0 Å². The summed E-state index contributed by atoms with van der Waals surface area (Å²) in [5, 5.41) is 6.76. The van der Waals surface area contributed by atoms with Crippen LogP contribution in [0.5, 0.6) is 0 Å². The summed E-state index contributed by atoms with van der Waals surface area (Å²) >= 11 is 5.75. The average Bonchev–Trinajstić information content (AvgIpc) is 2.77. The molecule has 1 amide bonds. The molecule has 0 aliphatic rings. The largest absolute Gasteiger partial charge is 0.391 e. The van der Waals surface area contributed by atoms with Crippen LogP contribution in [0.1, 0.15) is 34.1 Å². The molecule has 1 aromatic carbocycles. The van der Waals surface area contributed by atoms with Gasteiger partial charge in [-0.3, -0.25) is 9.48 Å². The Labute approximate surface area is 136 Å². The van der Waals surface area contributed by atoms with Crippen molar-refractivity contribution in [2.24, 2.45) is 7.05 Å². The maximum atomic E-state index is 12.8. The Morgan fingerprint density at radius 1 is 1.35 bits per heavy atom. The van der Waals surface area contributed by atoms with E-state index in [0.717, 1.165) is 0 Å². The molecule has 1 atom stereocenters. The van der Waals surface area contributed by atoms with E-state index >= 15 is 0 Å². The first-order valence-electron chi connectivity index (χ1n) is 6.79. The first-order valence-corrected chi connectivity index (χ1v) is 7.17. The minimum absolute atomic E-state index is 0.244. The number of benzene rings is 1. The summed E-state index contributed by atoms with van der Waals surface area (Å²) in [6.07, 6.45) is -4.25. The van der Waals surface area contributed by atoms with E-state index in [2.05, 4.69) is 10.4 Å². The van der Waals surface area contributed by atoms with Crippen LogP contribution < -0.4 is 5.32 Å². The highest BCUT2D eigenvalue weighted by molar-refractivity contribution is 6.30. The second-order valence-electron chi connectivity index (χ2n) is 5.16. The maximum absolute atomic E-state index is 12.8. The van der Waals surface area contributed by atoms with E-state index in [4.69, 9.17) is 11.6 Å². The predicted molar refractivity (Wildman–Crippen MR) is 80.3 cm³/mol. The van der Waals surface area contributed by atoms with Crippen molar-refractivity contribution < 1.29 is 18.0 Å². The van der Waals surface area contributed by atoms with Gasteiger partial charge in [-0.25, -0.2) is 0 Å². The van der Waals surface area contributed by atoms with Crippen molar-refractivity contribution in [3.63, 3.8) is 0 Å². The van der Waals surface area contributed by atoms with Crippen LogP contribution >= 0.6 is 11.6 Å². The summed E-state index contributed by atoms with van der Waals surface area (Å²) in [6, 6.07) is 4.72. The highest BCUT2D eigenvalue weighted by Crippen LogP contribution is 2.30. The number of aryl methyl sites for hydroxylation is 1. The van der Waals surface area contributed by atoms with Crippen molar-refractivity contribution in [2.45, 2.75) is 25.6 Å². The van der Waals surface area contributed by atoms with Crippen LogP contribution in [0.3, 0.4) is 0 Å². The molecule has 124 valence electrons. The predicted octanol–water partition coefficient (Wildman–Crippen LogP) is 3.81. The molecule has 23 heavy (non-hydrogen) atoms. The van der Waals surface area contributed by atoms with Crippen molar-refractivity contribution in [3.05, 3.63) is 52.3 Å². The molecule has 0 saturated carbocycles. The molecule has 0 fully saturated rings. The summed E-state index contributed by atoms with van der Waals surface area (Å²) in [7, 11) is 1.65. The Hall–Kier alpha value is -2.02. The Morgan fingerprint density at radius 2 is 1.96 bits per heavy atom. The molecule has 1 aromatic heterocycles. The van der Waals surface area contributed by atoms with Gasteiger partial charge < -0.3 is 5.32 Å². The molecular weight excluding hydrogens is 331 g/mol. The van der Waals surface area contributed by atoms with Gasteiger partial charge >= 0.3 is 6.18 Å². The fourth-order valence-corrected chi connectivity index (χ4v) is 2.26. The average molecular weight is 346 g/mol. The zero-order chi connectivity index (χ0) is 17.2. The highest BCUT2D eigenvalue weighted by Gasteiger charge is 2.34. The zero-order valence-corrected chi connectivity index (χ0v) is 13.2. The third kappa shape index (κ3) is 4.48. The molecule has 1 N–H and O–H groups in total. The Bertz CT molecular complexity index is 695. The van der Waals surface area contributed by atoms with Gasteiger partial charge in [-0.1, -0.05) is 23.7 Å². The summed E-state index contributed by atoms with van der Waals surface area (Å²) in [6.45, 7) is 1.67. The van der Waals surface area contributed by atoms with Crippen molar-refractivity contribution >= 4 is 17.5 Å². The number of hydrogen-bond acceptors (Lipinski definition) is 2. The lowest BCUT2D eigenvalue weighted by Crippen LogP contribution is -2.32. The highest BCUT2D eigenvalue weighted by atomic mass is 35.5. The van der Waals surface area contributed by atoms with Crippen LogP contribution in [0, 0.1) is 6.92 Å². The van der Waals surface area contributed by atoms with Crippen LogP contribution in [-0.4, -0.2) is 21.9 Å². The molecule has 0 unspecified atom stereocenters. The lowest BCUT2D eigenvalue weighted by molar-refractivity contribution is -0.139. The summed E-state index contributed by atoms with van der Waals surface area (Å²) < 4.78 is 39.9.